The van der Waals surface area contributed by atoms with Crippen molar-refractivity contribution < 1.29 is 0 Å². The van der Waals surface area contributed by atoms with E-state index in [1.165, 1.54) is 28.9 Å². The Morgan fingerprint density at radius 2 is 1.31 bits per heavy atom. The maximum atomic E-state index is 4.11. The van der Waals surface area contributed by atoms with Crippen LogP contribution >= 0.6 is 0 Å². The van der Waals surface area contributed by atoms with Crippen LogP contribution in [0.15, 0.2) is 115 Å². The molecule has 3 aromatic rings. The summed E-state index contributed by atoms with van der Waals surface area (Å²) in [5.41, 5.74) is 2.82. The summed E-state index contributed by atoms with van der Waals surface area (Å²) in [6.07, 6.45) is 10.3. The summed E-state index contributed by atoms with van der Waals surface area (Å²) in [5.74, 6) is 0.525. The Morgan fingerprint density at radius 3 is 1.72 bits per heavy atom. The second-order valence-corrected chi connectivity index (χ2v) is 15.4. The van der Waals surface area contributed by atoms with Crippen molar-refractivity contribution in [2.75, 3.05) is 4.57 Å². The number of allylic oxidation sites excluding steroid dienone is 2. The highest BCUT2D eigenvalue weighted by atomic mass is 28.3. The first-order valence-electron chi connectivity index (χ1n) is 13.7. The lowest BCUT2D eigenvalue weighted by Crippen LogP contribution is -2.74. The van der Waals surface area contributed by atoms with Crippen LogP contribution in [0.25, 0.3) is 0 Å². The fraction of sp³-hybridized carbons (Fsp3) is 0.353. The van der Waals surface area contributed by atoms with Gasteiger partial charge in [-0.3, -0.25) is 0 Å². The molecule has 0 fully saturated rings. The van der Waals surface area contributed by atoms with Crippen LogP contribution in [0.2, 0.25) is 5.04 Å². The molecule has 0 bridgehead atoms. The van der Waals surface area contributed by atoms with E-state index in [2.05, 4.69) is 149 Å². The Balaban J connectivity index is 2.44. The molecule has 1 nitrogen and oxygen atoms in total. The van der Waals surface area contributed by atoms with Crippen LogP contribution in [0.3, 0.4) is 0 Å². The van der Waals surface area contributed by atoms with Crippen molar-refractivity contribution in [2.45, 2.75) is 71.8 Å². The van der Waals surface area contributed by atoms with Gasteiger partial charge < -0.3 is 4.57 Å². The number of benzene rings is 3. The highest BCUT2D eigenvalue weighted by Gasteiger charge is 2.53. The quantitative estimate of drug-likeness (QED) is 0.179. The normalized spacial score (nSPS) is 13.3. The Kier molecular flexibility index (Phi) is 9.95. The summed E-state index contributed by atoms with van der Waals surface area (Å²) >= 11 is 0. The van der Waals surface area contributed by atoms with Gasteiger partial charge in [-0.25, -0.2) is 0 Å². The van der Waals surface area contributed by atoms with Crippen molar-refractivity contribution in [2.24, 2.45) is 5.92 Å². The van der Waals surface area contributed by atoms with Gasteiger partial charge in [0.15, 0.2) is 0 Å². The lowest BCUT2D eigenvalue weighted by Gasteiger charge is -2.51. The largest absolute Gasteiger partial charge is 0.366 e. The lowest BCUT2D eigenvalue weighted by molar-refractivity contribution is 0.534. The maximum Gasteiger partial charge on any atom is 0.230 e. The third-order valence-corrected chi connectivity index (χ3v) is 12.9. The standard InChI is InChI=1S/C34H45NSi/c1-7-19-29(20-8-2)30(21-9-3)28-35(31-22-13-10-14-23-31)36(34(4,5)6,32-24-15-11-16-25-32)33-26-17-12-18-27-33/h7,10-18,22-29H,1,8-9,19-21H2,2-6H3/b30-28+. The zero-order valence-corrected chi connectivity index (χ0v) is 24.1. The van der Waals surface area contributed by atoms with Gasteiger partial charge in [0, 0.05) is 5.69 Å². The molecule has 3 rings (SSSR count). The summed E-state index contributed by atoms with van der Waals surface area (Å²) in [6.45, 7) is 16.0. The van der Waals surface area contributed by atoms with Gasteiger partial charge in [-0.05, 0) is 58.9 Å². The minimum Gasteiger partial charge on any atom is -0.366 e. The van der Waals surface area contributed by atoms with E-state index in [9.17, 15) is 0 Å². The Morgan fingerprint density at radius 1 is 0.806 bits per heavy atom. The second kappa shape index (κ2) is 12.9. The van der Waals surface area contributed by atoms with E-state index in [1.54, 1.807) is 5.57 Å². The predicted molar refractivity (Wildman–Crippen MR) is 163 cm³/mol. The van der Waals surface area contributed by atoms with E-state index < -0.39 is 8.24 Å². The van der Waals surface area contributed by atoms with Crippen molar-refractivity contribution in [3.8, 4) is 0 Å². The van der Waals surface area contributed by atoms with Gasteiger partial charge in [0.1, 0.15) is 0 Å². The molecule has 36 heavy (non-hydrogen) atoms. The maximum absolute atomic E-state index is 4.11. The summed E-state index contributed by atoms with van der Waals surface area (Å²) in [4.78, 5) is 0. The van der Waals surface area contributed by atoms with Gasteiger partial charge in [-0.1, -0.05) is 138 Å². The van der Waals surface area contributed by atoms with Crippen molar-refractivity contribution >= 4 is 24.3 Å². The van der Waals surface area contributed by atoms with Gasteiger partial charge in [-0.15, -0.1) is 6.58 Å². The SMILES string of the molecule is C=CCC(CCC)/C(=C/N(c1ccccc1)[Si](c1ccccc1)(c1ccccc1)C(C)(C)C)CCC. The van der Waals surface area contributed by atoms with Gasteiger partial charge in [0.05, 0.1) is 0 Å². The first kappa shape index (κ1) is 27.7. The first-order chi connectivity index (χ1) is 17.4. The molecule has 0 saturated carbocycles. The van der Waals surface area contributed by atoms with E-state index >= 15 is 0 Å². The number of rotatable bonds is 12. The van der Waals surface area contributed by atoms with Crippen LogP contribution in [-0.2, 0) is 0 Å². The van der Waals surface area contributed by atoms with E-state index in [0.29, 0.717) is 5.92 Å². The van der Waals surface area contributed by atoms with E-state index in [4.69, 9.17) is 0 Å². The summed E-state index contributed by atoms with van der Waals surface area (Å²) < 4.78 is 2.73. The molecule has 0 aromatic heterocycles. The highest BCUT2D eigenvalue weighted by molar-refractivity contribution is 7.07. The van der Waals surface area contributed by atoms with Crippen molar-refractivity contribution in [1.82, 2.24) is 0 Å². The third kappa shape index (κ3) is 5.92. The Bertz CT molecular complexity index is 1040. The molecule has 0 spiro atoms. The van der Waals surface area contributed by atoms with E-state index in [-0.39, 0.29) is 5.04 Å². The molecule has 1 unspecified atom stereocenters. The van der Waals surface area contributed by atoms with E-state index in [0.717, 1.165) is 19.3 Å². The predicted octanol–water partition coefficient (Wildman–Crippen LogP) is 8.73. The topological polar surface area (TPSA) is 3.24 Å². The van der Waals surface area contributed by atoms with Crippen molar-refractivity contribution in [3.63, 3.8) is 0 Å². The van der Waals surface area contributed by atoms with Crippen molar-refractivity contribution in [1.29, 1.82) is 0 Å². The second-order valence-electron chi connectivity index (χ2n) is 10.9. The number of nitrogens with zero attached hydrogens (tertiary/aromatic N) is 1. The van der Waals surface area contributed by atoms with Crippen molar-refractivity contribution in [3.05, 3.63) is 115 Å². The van der Waals surface area contributed by atoms with Crippen LogP contribution < -0.4 is 14.9 Å². The summed E-state index contributed by atoms with van der Waals surface area (Å²) in [7, 11) is -2.57. The molecule has 1 atom stereocenters. The van der Waals surface area contributed by atoms with Crippen LogP contribution in [0, 0.1) is 5.92 Å². The molecule has 0 amide bonds. The fourth-order valence-corrected chi connectivity index (χ4v) is 11.4. The van der Waals surface area contributed by atoms with Gasteiger partial charge in [0.2, 0.25) is 8.24 Å². The minimum atomic E-state index is -2.57. The molecule has 0 N–H and O–H groups in total. The van der Waals surface area contributed by atoms with Gasteiger partial charge >= 0.3 is 0 Å². The first-order valence-corrected chi connectivity index (χ1v) is 15.6. The molecule has 0 radical (unpaired) electrons. The molecule has 0 aliphatic rings. The molecule has 190 valence electrons. The Labute approximate surface area is 221 Å². The smallest absolute Gasteiger partial charge is 0.230 e. The summed E-state index contributed by atoms with van der Waals surface area (Å²) in [5, 5.41) is 2.89. The van der Waals surface area contributed by atoms with Crippen LogP contribution in [0.5, 0.6) is 0 Å². The monoisotopic (exact) mass is 495 g/mol. The third-order valence-electron chi connectivity index (χ3n) is 7.31. The van der Waals surface area contributed by atoms with Crippen LogP contribution in [0.1, 0.15) is 66.7 Å². The van der Waals surface area contributed by atoms with Crippen LogP contribution in [0.4, 0.5) is 5.69 Å². The molecule has 0 saturated heterocycles. The molecule has 2 heteroatoms. The average Bonchev–Trinajstić information content (AvgIpc) is 2.89. The molecule has 0 aliphatic carbocycles. The number of anilines is 1. The Hall–Kier alpha value is -2.84. The molecule has 0 aliphatic heterocycles. The fourth-order valence-electron chi connectivity index (χ4n) is 5.82. The average molecular weight is 496 g/mol. The number of hydrogen-bond donors (Lipinski definition) is 0. The number of para-hydroxylation sites is 1. The van der Waals surface area contributed by atoms with Gasteiger partial charge in [0.25, 0.3) is 0 Å². The number of hydrogen-bond acceptors (Lipinski definition) is 1. The van der Waals surface area contributed by atoms with Crippen LogP contribution in [-0.4, -0.2) is 8.24 Å². The molecule has 3 aromatic carbocycles. The lowest BCUT2D eigenvalue weighted by atomic mass is 9.89. The van der Waals surface area contributed by atoms with Gasteiger partial charge in [-0.2, -0.15) is 0 Å². The zero-order valence-electron chi connectivity index (χ0n) is 23.1. The zero-order chi connectivity index (χ0) is 26.0. The minimum absolute atomic E-state index is 0.0120. The molecular formula is C34H45NSi. The molecule has 0 heterocycles. The molecular weight excluding hydrogens is 450 g/mol. The highest BCUT2D eigenvalue weighted by Crippen LogP contribution is 2.42. The van der Waals surface area contributed by atoms with E-state index in [1.807, 2.05) is 0 Å². The summed E-state index contributed by atoms with van der Waals surface area (Å²) in [6, 6.07) is 33.7.